The van der Waals surface area contributed by atoms with Gasteiger partial charge in [-0.3, -0.25) is 4.84 Å². The van der Waals surface area contributed by atoms with Crippen molar-refractivity contribution in [2.24, 2.45) is 5.90 Å². The predicted molar refractivity (Wildman–Crippen MR) is 44.8 cm³/mol. The largest absolute Gasteiger partial charge is 0.297 e. The molecule has 1 unspecified atom stereocenters. The van der Waals surface area contributed by atoms with Crippen LogP contribution in [0.3, 0.4) is 0 Å². The zero-order chi connectivity index (χ0) is 10.0. The summed E-state index contributed by atoms with van der Waals surface area (Å²) in [6, 6.07) is 2.22. The highest BCUT2D eigenvalue weighted by molar-refractivity contribution is 5.26. The molecule has 0 fully saturated rings. The average molecular weight is 187 g/mol. The number of nitrogens with two attached hydrogens (primary N) is 1. The lowest BCUT2D eigenvalue weighted by Crippen LogP contribution is -2.08. The molecule has 0 bridgehead atoms. The van der Waals surface area contributed by atoms with Gasteiger partial charge < -0.3 is 0 Å². The second-order valence-corrected chi connectivity index (χ2v) is 2.90. The Morgan fingerprint density at radius 3 is 2.46 bits per heavy atom. The Kier molecular flexibility index (Phi) is 2.95. The summed E-state index contributed by atoms with van der Waals surface area (Å²) in [4.78, 5) is 4.41. The van der Waals surface area contributed by atoms with Gasteiger partial charge in [-0.15, -0.1) is 0 Å². The molecule has 0 saturated heterocycles. The Hall–Kier alpha value is -1.00. The third-order valence-corrected chi connectivity index (χ3v) is 1.92. The summed E-state index contributed by atoms with van der Waals surface area (Å²) in [6.07, 6.45) is -0.643. The Balaban J connectivity index is 3.15. The molecule has 0 aliphatic carbocycles. The first-order chi connectivity index (χ1) is 6.06. The molecule has 1 rings (SSSR count). The van der Waals surface area contributed by atoms with Crippen LogP contribution in [0.4, 0.5) is 8.78 Å². The zero-order valence-electron chi connectivity index (χ0n) is 7.47. The van der Waals surface area contributed by atoms with Crippen molar-refractivity contribution in [3.8, 4) is 0 Å². The first-order valence-corrected chi connectivity index (χ1v) is 3.87. The van der Waals surface area contributed by atoms with Gasteiger partial charge in [-0.2, -0.15) is 0 Å². The molecule has 4 heteroatoms. The minimum Gasteiger partial charge on any atom is -0.297 e. The molecular weight excluding hydrogens is 176 g/mol. The van der Waals surface area contributed by atoms with Crippen molar-refractivity contribution in [2.45, 2.75) is 20.0 Å². The molecule has 1 aromatic rings. The van der Waals surface area contributed by atoms with Crippen molar-refractivity contribution in [2.75, 3.05) is 0 Å². The Bertz CT molecular complexity index is 315. The van der Waals surface area contributed by atoms with E-state index in [9.17, 15) is 8.78 Å². The van der Waals surface area contributed by atoms with Crippen molar-refractivity contribution >= 4 is 0 Å². The Morgan fingerprint density at radius 2 is 1.92 bits per heavy atom. The molecular formula is C9H11F2NO. The summed E-state index contributed by atoms with van der Waals surface area (Å²) in [5, 5.41) is 0. The van der Waals surface area contributed by atoms with E-state index in [1.165, 1.54) is 6.92 Å². The molecule has 0 saturated carbocycles. The fourth-order valence-corrected chi connectivity index (χ4v) is 1.05. The van der Waals surface area contributed by atoms with Crippen LogP contribution in [-0.4, -0.2) is 0 Å². The quantitative estimate of drug-likeness (QED) is 0.720. The van der Waals surface area contributed by atoms with Crippen LogP contribution < -0.4 is 5.90 Å². The van der Waals surface area contributed by atoms with Crippen molar-refractivity contribution in [3.05, 3.63) is 34.9 Å². The smallest absolute Gasteiger partial charge is 0.129 e. The topological polar surface area (TPSA) is 35.2 Å². The van der Waals surface area contributed by atoms with E-state index in [2.05, 4.69) is 4.84 Å². The highest BCUT2D eigenvalue weighted by atomic mass is 19.1. The molecule has 1 atom stereocenters. The Labute approximate surface area is 75.3 Å². The first kappa shape index (κ1) is 10.1. The number of hydrogen-bond acceptors (Lipinski definition) is 2. The van der Waals surface area contributed by atoms with Crippen LogP contribution in [0.5, 0.6) is 0 Å². The lowest BCUT2D eigenvalue weighted by molar-refractivity contribution is 0.0636. The molecule has 0 heterocycles. The van der Waals surface area contributed by atoms with Gasteiger partial charge in [0.2, 0.25) is 0 Å². The Morgan fingerprint density at radius 1 is 1.31 bits per heavy atom. The van der Waals surface area contributed by atoms with E-state index in [1.54, 1.807) is 6.92 Å². The van der Waals surface area contributed by atoms with Gasteiger partial charge in [-0.1, -0.05) is 0 Å². The van der Waals surface area contributed by atoms with E-state index in [1.807, 2.05) is 0 Å². The van der Waals surface area contributed by atoms with Gasteiger partial charge in [0.05, 0.1) is 0 Å². The summed E-state index contributed by atoms with van der Waals surface area (Å²) in [7, 11) is 0. The molecule has 0 radical (unpaired) electrons. The van der Waals surface area contributed by atoms with Crippen molar-refractivity contribution < 1.29 is 13.6 Å². The van der Waals surface area contributed by atoms with Crippen LogP contribution in [0.1, 0.15) is 24.2 Å². The van der Waals surface area contributed by atoms with Gasteiger partial charge in [0.15, 0.2) is 0 Å². The second kappa shape index (κ2) is 3.81. The van der Waals surface area contributed by atoms with Gasteiger partial charge in [0.1, 0.15) is 17.7 Å². The summed E-state index contributed by atoms with van der Waals surface area (Å²) < 4.78 is 26.2. The van der Waals surface area contributed by atoms with E-state index >= 15 is 0 Å². The maximum Gasteiger partial charge on any atom is 0.129 e. The number of aryl methyl sites for hydroxylation is 1. The monoisotopic (exact) mass is 187 g/mol. The first-order valence-electron chi connectivity index (χ1n) is 3.87. The minimum atomic E-state index is -0.643. The number of rotatable bonds is 2. The maximum absolute atomic E-state index is 13.2. The lowest BCUT2D eigenvalue weighted by atomic mass is 10.1. The van der Waals surface area contributed by atoms with Gasteiger partial charge in [0.25, 0.3) is 0 Å². The SMILES string of the molecule is Cc1cc(F)c(C(C)ON)cc1F. The van der Waals surface area contributed by atoms with Crippen LogP contribution in [0.25, 0.3) is 0 Å². The molecule has 2 N–H and O–H groups in total. The average Bonchev–Trinajstić information content (AvgIpc) is 2.10. The van der Waals surface area contributed by atoms with Gasteiger partial charge in [-0.05, 0) is 31.5 Å². The van der Waals surface area contributed by atoms with E-state index in [-0.39, 0.29) is 11.1 Å². The van der Waals surface area contributed by atoms with Crippen LogP contribution in [0.2, 0.25) is 0 Å². The summed E-state index contributed by atoms with van der Waals surface area (Å²) in [5.74, 6) is 3.91. The summed E-state index contributed by atoms with van der Waals surface area (Å²) in [6.45, 7) is 3.04. The van der Waals surface area contributed by atoms with Gasteiger partial charge >= 0.3 is 0 Å². The van der Waals surface area contributed by atoms with Crippen molar-refractivity contribution in [1.29, 1.82) is 0 Å². The second-order valence-electron chi connectivity index (χ2n) is 2.90. The predicted octanol–water partition coefficient (Wildman–Crippen LogP) is 2.22. The third-order valence-electron chi connectivity index (χ3n) is 1.92. The highest BCUT2D eigenvalue weighted by Crippen LogP contribution is 2.21. The number of benzene rings is 1. The number of halogens is 2. The van der Waals surface area contributed by atoms with Crippen LogP contribution in [-0.2, 0) is 4.84 Å². The fraction of sp³-hybridized carbons (Fsp3) is 0.333. The molecule has 0 aliphatic heterocycles. The van der Waals surface area contributed by atoms with Crippen LogP contribution in [0, 0.1) is 18.6 Å². The van der Waals surface area contributed by atoms with E-state index in [0.29, 0.717) is 0 Å². The van der Waals surface area contributed by atoms with E-state index < -0.39 is 17.7 Å². The molecule has 0 amide bonds. The zero-order valence-corrected chi connectivity index (χ0v) is 7.47. The maximum atomic E-state index is 13.2. The molecule has 13 heavy (non-hydrogen) atoms. The van der Waals surface area contributed by atoms with Crippen LogP contribution in [0.15, 0.2) is 12.1 Å². The number of hydrogen-bond donors (Lipinski definition) is 1. The van der Waals surface area contributed by atoms with E-state index in [4.69, 9.17) is 5.90 Å². The third kappa shape index (κ3) is 2.02. The minimum absolute atomic E-state index is 0.130. The van der Waals surface area contributed by atoms with Gasteiger partial charge in [0, 0.05) is 5.56 Å². The lowest BCUT2D eigenvalue weighted by Gasteiger charge is -2.10. The van der Waals surface area contributed by atoms with Crippen molar-refractivity contribution in [3.63, 3.8) is 0 Å². The van der Waals surface area contributed by atoms with Crippen LogP contribution >= 0.6 is 0 Å². The normalized spacial score (nSPS) is 13.0. The van der Waals surface area contributed by atoms with Crippen molar-refractivity contribution in [1.82, 2.24) is 0 Å². The summed E-state index contributed by atoms with van der Waals surface area (Å²) >= 11 is 0. The molecule has 0 spiro atoms. The molecule has 0 aromatic heterocycles. The fourth-order valence-electron chi connectivity index (χ4n) is 1.05. The standard InChI is InChI=1S/C9H11F2NO/c1-5-3-9(11)7(4-8(5)10)6(2)13-12/h3-4,6H,12H2,1-2H3. The highest BCUT2D eigenvalue weighted by Gasteiger charge is 2.13. The molecule has 0 aliphatic rings. The van der Waals surface area contributed by atoms with Gasteiger partial charge in [-0.25, -0.2) is 14.7 Å². The molecule has 2 nitrogen and oxygen atoms in total. The summed E-state index contributed by atoms with van der Waals surface area (Å²) in [5.41, 5.74) is 0.399. The van der Waals surface area contributed by atoms with E-state index in [0.717, 1.165) is 12.1 Å². The molecule has 72 valence electrons. The molecule has 1 aromatic carbocycles.